The van der Waals surface area contributed by atoms with E-state index < -0.39 is 0 Å². The zero-order chi connectivity index (χ0) is 17.6. The highest BCUT2D eigenvalue weighted by Crippen LogP contribution is 2.23. The van der Waals surface area contributed by atoms with Crippen molar-refractivity contribution in [2.24, 2.45) is 0 Å². The summed E-state index contributed by atoms with van der Waals surface area (Å²) in [5.74, 6) is 0.603. The maximum Gasteiger partial charge on any atom is 0.319 e. The number of nitrogens with one attached hydrogen (secondary N) is 2. The molecule has 2 aromatic rings. The van der Waals surface area contributed by atoms with Crippen molar-refractivity contribution in [3.8, 4) is 11.4 Å². The first kappa shape index (κ1) is 16.9. The number of tetrazole rings is 1. The fourth-order valence-electron chi connectivity index (χ4n) is 2.90. The summed E-state index contributed by atoms with van der Waals surface area (Å²) in [6.45, 7) is 2.01. The maximum atomic E-state index is 12.3. The zero-order valence-corrected chi connectivity index (χ0v) is 14.4. The number of rotatable bonds is 5. The summed E-state index contributed by atoms with van der Waals surface area (Å²) in [5, 5.41) is 16.9. The van der Waals surface area contributed by atoms with Crippen molar-refractivity contribution in [3.63, 3.8) is 0 Å². The molecule has 3 rings (SSSR count). The lowest BCUT2D eigenvalue weighted by Crippen LogP contribution is -2.37. The first-order valence-electron chi connectivity index (χ1n) is 8.34. The Morgan fingerprint density at radius 1 is 1.32 bits per heavy atom. The van der Waals surface area contributed by atoms with Gasteiger partial charge in [-0.3, -0.25) is 0 Å². The molecule has 25 heavy (non-hydrogen) atoms. The molecule has 0 saturated heterocycles. The summed E-state index contributed by atoms with van der Waals surface area (Å²) >= 11 is 0. The summed E-state index contributed by atoms with van der Waals surface area (Å²) in [5.41, 5.74) is 2.59. The van der Waals surface area contributed by atoms with Gasteiger partial charge in [0, 0.05) is 23.9 Å². The van der Waals surface area contributed by atoms with Crippen molar-refractivity contribution >= 4 is 11.7 Å². The second kappa shape index (κ2) is 7.78. The topological polar surface area (TPSA) is 94.0 Å². The molecule has 1 atom stereocenters. The molecule has 1 heterocycles. The maximum absolute atomic E-state index is 12.3. The highest BCUT2D eigenvalue weighted by molar-refractivity contribution is 5.90. The van der Waals surface area contributed by atoms with Gasteiger partial charge in [-0.25, -0.2) is 9.48 Å². The van der Waals surface area contributed by atoms with E-state index in [1.807, 2.05) is 6.92 Å². The normalized spacial score (nSPS) is 15.2. The Bertz CT molecular complexity index is 757. The van der Waals surface area contributed by atoms with E-state index in [0.717, 1.165) is 12.8 Å². The Balaban J connectivity index is 1.70. The number of hydrogen-bond donors (Lipinski definition) is 2. The number of hydrogen-bond acceptors (Lipinski definition) is 5. The van der Waals surface area contributed by atoms with Crippen molar-refractivity contribution in [2.75, 3.05) is 12.4 Å². The Kier molecular flexibility index (Phi) is 5.27. The number of benzene rings is 1. The molecule has 0 radical (unpaired) electrons. The van der Waals surface area contributed by atoms with Crippen molar-refractivity contribution < 1.29 is 9.53 Å². The SMILES string of the molecule is COc1cc(NC(=O)N[C@@H](C)C2=CCCCC2)cc(-n2cnnn2)c1. The quantitative estimate of drug-likeness (QED) is 0.815. The first-order valence-corrected chi connectivity index (χ1v) is 8.34. The predicted octanol–water partition coefficient (Wildman–Crippen LogP) is 2.68. The molecule has 8 nitrogen and oxygen atoms in total. The van der Waals surface area contributed by atoms with Gasteiger partial charge in [0.1, 0.15) is 12.1 Å². The van der Waals surface area contributed by atoms with Crippen LogP contribution < -0.4 is 15.4 Å². The summed E-state index contributed by atoms with van der Waals surface area (Å²) in [4.78, 5) is 12.3. The van der Waals surface area contributed by atoms with E-state index in [2.05, 4.69) is 32.2 Å². The molecule has 8 heteroatoms. The van der Waals surface area contributed by atoms with Crippen LogP contribution in [0.2, 0.25) is 0 Å². The number of aromatic nitrogens is 4. The van der Waals surface area contributed by atoms with Crippen LogP contribution in [0.5, 0.6) is 5.75 Å². The van der Waals surface area contributed by atoms with Crippen molar-refractivity contribution in [1.82, 2.24) is 25.5 Å². The summed E-state index contributed by atoms with van der Waals surface area (Å²) < 4.78 is 6.79. The molecule has 1 aromatic heterocycles. The number of amides is 2. The summed E-state index contributed by atoms with van der Waals surface area (Å²) in [6.07, 6.45) is 8.26. The molecular weight excluding hydrogens is 320 g/mol. The van der Waals surface area contributed by atoms with Crippen LogP contribution in [0.25, 0.3) is 5.69 Å². The molecule has 0 spiro atoms. The van der Waals surface area contributed by atoms with Gasteiger partial charge in [0.2, 0.25) is 0 Å². The van der Waals surface area contributed by atoms with E-state index >= 15 is 0 Å². The smallest absolute Gasteiger partial charge is 0.319 e. The summed E-state index contributed by atoms with van der Waals surface area (Å²) in [7, 11) is 1.57. The van der Waals surface area contributed by atoms with Gasteiger partial charge in [-0.1, -0.05) is 11.6 Å². The molecule has 0 aliphatic heterocycles. The van der Waals surface area contributed by atoms with E-state index in [1.54, 1.807) is 25.3 Å². The Hall–Kier alpha value is -2.90. The fraction of sp³-hybridized carbons (Fsp3) is 0.412. The number of anilines is 1. The minimum Gasteiger partial charge on any atom is -0.497 e. The van der Waals surface area contributed by atoms with Gasteiger partial charge in [0.05, 0.1) is 12.8 Å². The van der Waals surface area contributed by atoms with Crippen LogP contribution in [0.1, 0.15) is 32.6 Å². The van der Waals surface area contributed by atoms with Crippen molar-refractivity contribution in [2.45, 2.75) is 38.6 Å². The molecule has 2 amide bonds. The summed E-state index contributed by atoms with van der Waals surface area (Å²) in [6, 6.07) is 5.08. The Morgan fingerprint density at radius 2 is 2.20 bits per heavy atom. The second-order valence-corrected chi connectivity index (χ2v) is 6.02. The molecule has 0 fully saturated rings. The van der Waals surface area contributed by atoms with Crippen LogP contribution in [-0.2, 0) is 0 Å². The van der Waals surface area contributed by atoms with Crippen LogP contribution in [0.4, 0.5) is 10.5 Å². The average molecular weight is 342 g/mol. The van der Waals surface area contributed by atoms with Crippen molar-refractivity contribution in [3.05, 3.63) is 36.2 Å². The monoisotopic (exact) mass is 342 g/mol. The fourth-order valence-corrected chi connectivity index (χ4v) is 2.90. The zero-order valence-electron chi connectivity index (χ0n) is 14.4. The minimum atomic E-state index is -0.255. The molecular formula is C17H22N6O2. The van der Waals surface area contributed by atoms with Gasteiger partial charge < -0.3 is 15.4 Å². The number of methoxy groups -OCH3 is 1. The first-order chi connectivity index (χ1) is 12.2. The van der Waals surface area contributed by atoms with Crippen LogP contribution in [0.3, 0.4) is 0 Å². The number of ether oxygens (including phenoxy) is 1. The van der Waals surface area contributed by atoms with Gasteiger partial charge in [-0.2, -0.15) is 0 Å². The van der Waals surface area contributed by atoms with Gasteiger partial charge in [0.25, 0.3) is 0 Å². The van der Waals surface area contributed by atoms with Crippen LogP contribution in [0, 0.1) is 0 Å². The standard InChI is InChI=1S/C17H22N6O2/c1-12(13-6-4-3-5-7-13)19-17(24)20-14-8-15(10-16(9-14)25-2)23-11-18-21-22-23/h6,8-12H,3-5,7H2,1-2H3,(H2,19,20,24)/t12-/m0/s1. The molecule has 1 aliphatic carbocycles. The third-order valence-electron chi connectivity index (χ3n) is 4.23. The highest BCUT2D eigenvalue weighted by Gasteiger charge is 2.14. The molecule has 0 bridgehead atoms. The molecule has 0 saturated carbocycles. The van der Waals surface area contributed by atoms with E-state index in [1.165, 1.54) is 29.4 Å². The molecule has 1 aliphatic rings. The lowest BCUT2D eigenvalue weighted by molar-refractivity contribution is 0.250. The van der Waals surface area contributed by atoms with Crippen LogP contribution in [-0.4, -0.2) is 39.4 Å². The average Bonchev–Trinajstić information content (AvgIpc) is 3.16. The van der Waals surface area contributed by atoms with E-state index in [-0.39, 0.29) is 12.1 Å². The predicted molar refractivity (Wildman–Crippen MR) is 93.9 cm³/mol. The van der Waals surface area contributed by atoms with E-state index in [0.29, 0.717) is 17.1 Å². The number of urea groups is 1. The molecule has 2 N–H and O–H groups in total. The second-order valence-electron chi connectivity index (χ2n) is 6.02. The highest BCUT2D eigenvalue weighted by atomic mass is 16.5. The van der Waals surface area contributed by atoms with Crippen LogP contribution in [0.15, 0.2) is 36.2 Å². The molecule has 1 aromatic carbocycles. The molecule has 0 unspecified atom stereocenters. The van der Waals surface area contributed by atoms with Crippen LogP contribution >= 0.6 is 0 Å². The lowest BCUT2D eigenvalue weighted by atomic mass is 9.95. The number of nitrogens with zero attached hydrogens (tertiary/aromatic N) is 4. The third-order valence-corrected chi connectivity index (χ3v) is 4.23. The van der Waals surface area contributed by atoms with Crippen molar-refractivity contribution in [1.29, 1.82) is 0 Å². The third kappa shape index (κ3) is 4.34. The Morgan fingerprint density at radius 3 is 2.88 bits per heavy atom. The largest absolute Gasteiger partial charge is 0.497 e. The number of allylic oxidation sites excluding steroid dienone is 1. The van der Waals surface area contributed by atoms with E-state index in [9.17, 15) is 4.79 Å². The van der Waals surface area contributed by atoms with Gasteiger partial charge >= 0.3 is 6.03 Å². The van der Waals surface area contributed by atoms with Gasteiger partial charge in [-0.05, 0) is 49.1 Å². The number of carbonyl (C=O) groups is 1. The Labute approximate surface area is 146 Å². The molecule has 132 valence electrons. The van der Waals surface area contributed by atoms with E-state index in [4.69, 9.17) is 4.74 Å². The van der Waals surface area contributed by atoms with Gasteiger partial charge in [-0.15, -0.1) is 5.10 Å². The lowest BCUT2D eigenvalue weighted by Gasteiger charge is -2.21. The minimum absolute atomic E-state index is 0.0184. The van der Waals surface area contributed by atoms with Gasteiger partial charge in [0.15, 0.2) is 0 Å². The number of carbonyl (C=O) groups excluding carboxylic acids is 1.